The van der Waals surface area contributed by atoms with Gasteiger partial charge < -0.3 is 10.6 Å². The topological polar surface area (TPSA) is 119 Å². The fourth-order valence-corrected chi connectivity index (χ4v) is 4.38. The fraction of sp³-hybridized carbons (Fsp3) is 0.650. The Labute approximate surface area is 174 Å². The van der Waals surface area contributed by atoms with Crippen LogP contribution in [0.5, 0.6) is 0 Å². The molecule has 1 atom stereocenters. The molecule has 3 heterocycles. The van der Waals surface area contributed by atoms with E-state index >= 15 is 0 Å². The summed E-state index contributed by atoms with van der Waals surface area (Å²) in [6.45, 7) is 2.60. The third-order valence-electron chi connectivity index (χ3n) is 6.49. The van der Waals surface area contributed by atoms with Crippen molar-refractivity contribution in [3.05, 3.63) is 18.2 Å². The number of amides is 3. The van der Waals surface area contributed by atoms with Gasteiger partial charge in [-0.2, -0.15) is 5.10 Å². The first-order valence-corrected chi connectivity index (χ1v) is 10.9. The van der Waals surface area contributed by atoms with E-state index in [-0.39, 0.29) is 5.91 Å². The SMILES string of the molecule is CC1(CCc2nnc(Nc3cnn(C4CCCC4)c3)n2CC2CC2)NC(=O)NC1=O. The molecule has 1 unspecified atom stereocenters. The van der Waals surface area contributed by atoms with E-state index in [1.807, 2.05) is 12.4 Å². The van der Waals surface area contributed by atoms with Gasteiger partial charge in [-0.3, -0.25) is 19.4 Å². The van der Waals surface area contributed by atoms with Crippen molar-refractivity contribution < 1.29 is 9.59 Å². The first-order valence-electron chi connectivity index (χ1n) is 10.9. The van der Waals surface area contributed by atoms with Crippen LogP contribution in [-0.4, -0.2) is 42.0 Å². The number of carbonyl (C=O) groups is 2. The normalized spacial score (nSPS) is 24.3. The van der Waals surface area contributed by atoms with Gasteiger partial charge in [0.1, 0.15) is 11.4 Å². The predicted octanol–water partition coefficient (Wildman–Crippen LogP) is 2.27. The van der Waals surface area contributed by atoms with Crippen LogP contribution in [0.25, 0.3) is 0 Å². The molecule has 0 radical (unpaired) electrons. The molecule has 2 aromatic rings. The van der Waals surface area contributed by atoms with E-state index in [1.165, 1.54) is 38.5 Å². The molecule has 0 aromatic carbocycles. The van der Waals surface area contributed by atoms with Crippen molar-refractivity contribution in [3.8, 4) is 0 Å². The lowest BCUT2D eigenvalue weighted by Gasteiger charge is -2.20. The Morgan fingerprint density at radius 2 is 2.00 bits per heavy atom. The molecule has 2 aliphatic carbocycles. The summed E-state index contributed by atoms with van der Waals surface area (Å²) < 4.78 is 4.17. The van der Waals surface area contributed by atoms with E-state index in [9.17, 15) is 9.59 Å². The molecule has 30 heavy (non-hydrogen) atoms. The maximum Gasteiger partial charge on any atom is 0.322 e. The van der Waals surface area contributed by atoms with Gasteiger partial charge in [0, 0.05) is 19.2 Å². The number of aryl methyl sites for hydroxylation is 1. The van der Waals surface area contributed by atoms with Gasteiger partial charge in [0.2, 0.25) is 5.95 Å². The Morgan fingerprint density at radius 1 is 1.20 bits per heavy atom. The molecule has 0 bridgehead atoms. The van der Waals surface area contributed by atoms with Crippen molar-refractivity contribution in [2.45, 2.75) is 76.4 Å². The van der Waals surface area contributed by atoms with Gasteiger partial charge in [-0.1, -0.05) is 12.8 Å². The number of anilines is 2. The summed E-state index contributed by atoms with van der Waals surface area (Å²) in [6.07, 6.45) is 12.2. The predicted molar refractivity (Wildman–Crippen MR) is 109 cm³/mol. The van der Waals surface area contributed by atoms with Crippen LogP contribution >= 0.6 is 0 Å². The maximum absolute atomic E-state index is 12.1. The van der Waals surface area contributed by atoms with E-state index in [2.05, 4.69) is 40.5 Å². The Hall–Kier alpha value is -2.91. The Balaban J connectivity index is 1.31. The van der Waals surface area contributed by atoms with Gasteiger partial charge in [0.15, 0.2) is 0 Å². The van der Waals surface area contributed by atoms with Gasteiger partial charge in [0.25, 0.3) is 5.91 Å². The highest BCUT2D eigenvalue weighted by Gasteiger charge is 2.41. The molecule has 3 amide bonds. The summed E-state index contributed by atoms with van der Waals surface area (Å²) in [5.74, 6) is 1.88. The quantitative estimate of drug-likeness (QED) is 0.573. The van der Waals surface area contributed by atoms with E-state index in [0.29, 0.717) is 30.7 Å². The number of nitrogens with one attached hydrogen (secondary N) is 3. The Bertz CT molecular complexity index is 956. The van der Waals surface area contributed by atoms with Crippen LogP contribution in [0.2, 0.25) is 0 Å². The zero-order chi connectivity index (χ0) is 20.7. The lowest BCUT2D eigenvalue weighted by Crippen LogP contribution is -2.44. The van der Waals surface area contributed by atoms with Gasteiger partial charge in [-0.05, 0) is 44.9 Å². The van der Waals surface area contributed by atoms with Crippen molar-refractivity contribution >= 4 is 23.6 Å². The molecule has 10 nitrogen and oxygen atoms in total. The smallest absolute Gasteiger partial charge is 0.322 e. The second-order valence-electron chi connectivity index (χ2n) is 9.01. The molecule has 0 spiro atoms. The molecule has 3 aliphatic rings. The molecule has 10 heteroatoms. The molecular formula is C20H28N8O2. The van der Waals surface area contributed by atoms with E-state index in [4.69, 9.17) is 0 Å². The van der Waals surface area contributed by atoms with Crippen LogP contribution in [-0.2, 0) is 17.8 Å². The van der Waals surface area contributed by atoms with Gasteiger partial charge in [-0.25, -0.2) is 4.79 Å². The molecular weight excluding hydrogens is 384 g/mol. The second kappa shape index (κ2) is 7.41. The minimum atomic E-state index is -0.913. The van der Waals surface area contributed by atoms with Crippen LogP contribution in [0.4, 0.5) is 16.4 Å². The minimum Gasteiger partial charge on any atom is -0.324 e. The Kier molecular flexibility index (Phi) is 4.71. The van der Waals surface area contributed by atoms with E-state index < -0.39 is 11.6 Å². The summed E-state index contributed by atoms with van der Waals surface area (Å²) in [7, 11) is 0. The molecule has 2 aromatic heterocycles. The fourth-order valence-electron chi connectivity index (χ4n) is 4.38. The number of carbonyl (C=O) groups excluding carboxylic acids is 2. The Morgan fingerprint density at radius 3 is 2.70 bits per heavy atom. The third kappa shape index (κ3) is 3.78. The number of hydrogen-bond acceptors (Lipinski definition) is 6. The molecule has 160 valence electrons. The molecule has 3 N–H and O–H groups in total. The monoisotopic (exact) mass is 412 g/mol. The van der Waals surface area contributed by atoms with Crippen molar-refractivity contribution in [1.29, 1.82) is 0 Å². The summed E-state index contributed by atoms with van der Waals surface area (Å²) >= 11 is 0. The minimum absolute atomic E-state index is 0.293. The van der Waals surface area contributed by atoms with Crippen molar-refractivity contribution in [2.75, 3.05) is 5.32 Å². The average molecular weight is 412 g/mol. The maximum atomic E-state index is 12.1. The molecule has 1 aliphatic heterocycles. The van der Waals surface area contributed by atoms with Crippen molar-refractivity contribution in [3.63, 3.8) is 0 Å². The van der Waals surface area contributed by atoms with Gasteiger partial charge in [0.05, 0.1) is 17.9 Å². The zero-order valence-corrected chi connectivity index (χ0v) is 17.2. The summed E-state index contributed by atoms with van der Waals surface area (Å²) in [6, 6.07) is 0.0533. The highest BCUT2D eigenvalue weighted by atomic mass is 16.2. The second-order valence-corrected chi connectivity index (χ2v) is 9.01. The number of imide groups is 1. The standard InChI is InChI=1S/C20H28N8O2/c1-20(17(29)23-19(30)24-20)9-8-16-25-26-18(27(16)11-13-6-7-13)22-14-10-21-28(12-14)15-4-2-3-5-15/h10,12-13,15H,2-9,11H2,1H3,(H,22,26)(H2,23,24,29,30). The molecule has 1 saturated heterocycles. The highest BCUT2D eigenvalue weighted by molar-refractivity contribution is 6.06. The van der Waals surface area contributed by atoms with E-state index in [1.54, 1.807) is 6.92 Å². The summed E-state index contributed by atoms with van der Waals surface area (Å²) in [5.41, 5.74) is -0.00371. The lowest BCUT2D eigenvalue weighted by molar-refractivity contribution is -0.123. The van der Waals surface area contributed by atoms with E-state index in [0.717, 1.165) is 18.1 Å². The zero-order valence-electron chi connectivity index (χ0n) is 17.2. The van der Waals surface area contributed by atoms with Crippen LogP contribution in [0.3, 0.4) is 0 Å². The largest absolute Gasteiger partial charge is 0.324 e. The van der Waals surface area contributed by atoms with Gasteiger partial charge in [-0.15, -0.1) is 10.2 Å². The summed E-state index contributed by atoms with van der Waals surface area (Å²) in [4.78, 5) is 23.6. The summed E-state index contributed by atoms with van der Waals surface area (Å²) in [5, 5.41) is 21.7. The number of urea groups is 1. The van der Waals surface area contributed by atoms with Crippen LogP contribution < -0.4 is 16.0 Å². The third-order valence-corrected chi connectivity index (χ3v) is 6.49. The number of hydrogen-bond donors (Lipinski definition) is 3. The van der Waals surface area contributed by atoms with Crippen LogP contribution in [0, 0.1) is 5.92 Å². The van der Waals surface area contributed by atoms with Crippen LogP contribution in [0.15, 0.2) is 12.4 Å². The first-order chi connectivity index (χ1) is 14.5. The highest BCUT2D eigenvalue weighted by Crippen LogP contribution is 2.33. The first kappa shape index (κ1) is 19.1. The lowest BCUT2D eigenvalue weighted by atomic mass is 9.96. The molecule has 5 rings (SSSR count). The average Bonchev–Trinajstić information content (AvgIpc) is 3.09. The number of rotatable bonds is 8. The van der Waals surface area contributed by atoms with Gasteiger partial charge >= 0.3 is 6.03 Å². The van der Waals surface area contributed by atoms with Crippen molar-refractivity contribution in [1.82, 2.24) is 35.2 Å². The molecule has 2 saturated carbocycles. The van der Waals surface area contributed by atoms with Crippen LogP contribution in [0.1, 0.15) is 63.7 Å². The molecule has 3 fully saturated rings. The number of nitrogens with zero attached hydrogens (tertiary/aromatic N) is 5. The number of aromatic nitrogens is 5. The van der Waals surface area contributed by atoms with Crippen molar-refractivity contribution in [2.24, 2.45) is 5.92 Å².